The van der Waals surface area contributed by atoms with Gasteiger partial charge in [-0.15, -0.1) is 5.10 Å². The van der Waals surface area contributed by atoms with Crippen LogP contribution >= 0.6 is 0 Å². The Morgan fingerprint density at radius 3 is 2.35 bits per heavy atom. The summed E-state index contributed by atoms with van der Waals surface area (Å²) in [6.07, 6.45) is 6.08. The van der Waals surface area contributed by atoms with E-state index in [1.54, 1.807) is 12.4 Å². The van der Waals surface area contributed by atoms with E-state index in [9.17, 15) is 13.2 Å². The third-order valence-corrected chi connectivity index (χ3v) is 7.19. The summed E-state index contributed by atoms with van der Waals surface area (Å²) < 4.78 is 47.2. The van der Waals surface area contributed by atoms with E-state index in [2.05, 4.69) is 32.0 Å². The van der Waals surface area contributed by atoms with Crippen LogP contribution in [0.5, 0.6) is 5.75 Å². The molecule has 0 spiro atoms. The van der Waals surface area contributed by atoms with Gasteiger partial charge in [0.25, 0.3) is 0 Å². The number of ether oxygens (including phenoxy) is 1. The standard InChI is InChI=1S/C26H30F3N7O/c1-2-17-3-4-25(34-33-17)35-7-5-16(6-8-35)15-37-18-11-31-26(32-12-18)36-13-20(24(30)14-36)19-9-22(28)23(29)10-21(19)27/h3-4,9-12,16,20,24H,2,5-8,13-15,30H2,1H3. The maximum Gasteiger partial charge on any atom is 0.225 e. The van der Waals surface area contributed by atoms with E-state index < -0.39 is 29.4 Å². The number of rotatable bonds is 7. The molecule has 2 aliphatic heterocycles. The van der Waals surface area contributed by atoms with Gasteiger partial charge in [0.05, 0.1) is 24.7 Å². The summed E-state index contributed by atoms with van der Waals surface area (Å²) in [5.41, 5.74) is 7.25. The van der Waals surface area contributed by atoms with Gasteiger partial charge in [-0.25, -0.2) is 23.1 Å². The first kappa shape index (κ1) is 25.2. The summed E-state index contributed by atoms with van der Waals surface area (Å²) in [5.74, 6) is -1.29. The Kier molecular flexibility index (Phi) is 7.40. The van der Waals surface area contributed by atoms with Gasteiger partial charge in [0, 0.05) is 44.2 Å². The summed E-state index contributed by atoms with van der Waals surface area (Å²) in [6, 6.07) is 5.03. The quantitative estimate of drug-likeness (QED) is 0.480. The molecule has 0 aliphatic carbocycles. The van der Waals surface area contributed by atoms with Gasteiger partial charge in [-0.1, -0.05) is 6.92 Å². The highest BCUT2D eigenvalue weighted by Crippen LogP contribution is 2.31. The lowest BCUT2D eigenvalue weighted by atomic mass is 9.94. The van der Waals surface area contributed by atoms with Crippen molar-refractivity contribution in [3.05, 3.63) is 65.4 Å². The van der Waals surface area contributed by atoms with Gasteiger partial charge in [-0.05, 0) is 48.9 Å². The second kappa shape index (κ2) is 10.9. The molecule has 2 aliphatic rings. The lowest BCUT2D eigenvalue weighted by molar-refractivity contribution is 0.221. The van der Waals surface area contributed by atoms with E-state index >= 15 is 0 Å². The van der Waals surface area contributed by atoms with Crippen molar-refractivity contribution in [1.82, 2.24) is 20.2 Å². The first-order chi connectivity index (χ1) is 17.9. The van der Waals surface area contributed by atoms with Gasteiger partial charge in [-0.3, -0.25) is 0 Å². The normalized spacial score (nSPS) is 20.5. The van der Waals surface area contributed by atoms with Crippen LogP contribution in [0.1, 0.15) is 36.9 Å². The van der Waals surface area contributed by atoms with Crippen molar-refractivity contribution in [3.8, 4) is 5.75 Å². The first-order valence-corrected chi connectivity index (χ1v) is 12.6. The summed E-state index contributed by atoms with van der Waals surface area (Å²) >= 11 is 0. The van der Waals surface area contributed by atoms with Crippen LogP contribution in [-0.4, -0.2) is 59.0 Å². The second-order valence-corrected chi connectivity index (χ2v) is 9.66. The van der Waals surface area contributed by atoms with Gasteiger partial charge in [-0.2, -0.15) is 5.10 Å². The minimum Gasteiger partial charge on any atom is -0.490 e. The fourth-order valence-electron chi connectivity index (χ4n) is 4.94. The van der Waals surface area contributed by atoms with Gasteiger partial charge >= 0.3 is 0 Å². The van der Waals surface area contributed by atoms with Gasteiger partial charge < -0.3 is 20.3 Å². The molecule has 2 aromatic heterocycles. The maximum absolute atomic E-state index is 14.3. The highest BCUT2D eigenvalue weighted by molar-refractivity contribution is 5.39. The van der Waals surface area contributed by atoms with E-state index in [1.165, 1.54) is 0 Å². The monoisotopic (exact) mass is 513 g/mol. The molecule has 8 nitrogen and oxygen atoms in total. The fourth-order valence-corrected chi connectivity index (χ4v) is 4.94. The van der Waals surface area contributed by atoms with Crippen molar-refractivity contribution in [2.24, 2.45) is 11.7 Å². The zero-order chi connectivity index (χ0) is 25.9. The van der Waals surface area contributed by atoms with Crippen LogP contribution in [-0.2, 0) is 6.42 Å². The van der Waals surface area contributed by atoms with E-state index in [-0.39, 0.29) is 5.56 Å². The van der Waals surface area contributed by atoms with Crippen molar-refractivity contribution in [1.29, 1.82) is 0 Å². The summed E-state index contributed by atoms with van der Waals surface area (Å²) in [7, 11) is 0. The molecule has 3 aromatic rings. The molecule has 0 amide bonds. The number of aromatic nitrogens is 4. The summed E-state index contributed by atoms with van der Waals surface area (Å²) in [4.78, 5) is 12.8. The zero-order valence-electron chi connectivity index (χ0n) is 20.7. The highest BCUT2D eigenvalue weighted by Gasteiger charge is 2.35. The number of nitrogens with two attached hydrogens (primary N) is 1. The molecule has 4 heterocycles. The largest absolute Gasteiger partial charge is 0.490 e. The van der Waals surface area contributed by atoms with Crippen LogP contribution in [0.2, 0.25) is 0 Å². The molecule has 2 N–H and O–H groups in total. The third kappa shape index (κ3) is 5.61. The minimum absolute atomic E-state index is 0.0601. The molecule has 0 bridgehead atoms. The number of halogens is 3. The molecule has 2 unspecified atom stereocenters. The number of aryl methyl sites for hydroxylation is 1. The van der Waals surface area contributed by atoms with Gasteiger partial charge in [0.2, 0.25) is 5.95 Å². The fraction of sp³-hybridized carbons (Fsp3) is 0.462. The van der Waals surface area contributed by atoms with Crippen molar-refractivity contribution >= 4 is 11.8 Å². The van der Waals surface area contributed by atoms with Crippen molar-refractivity contribution in [3.63, 3.8) is 0 Å². The Labute approximate surface area is 213 Å². The zero-order valence-corrected chi connectivity index (χ0v) is 20.7. The van der Waals surface area contributed by atoms with Crippen molar-refractivity contribution in [2.45, 2.75) is 38.1 Å². The molecule has 1 aromatic carbocycles. The molecular formula is C26H30F3N7O. The molecule has 0 radical (unpaired) electrons. The molecule has 5 rings (SSSR count). The van der Waals surface area contributed by atoms with Crippen LogP contribution in [0, 0.1) is 23.4 Å². The number of hydrogen-bond acceptors (Lipinski definition) is 8. The Morgan fingerprint density at radius 2 is 1.68 bits per heavy atom. The number of nitrogens with zero attached hydrogens (tertiary/aromatic N) is 6. The van der Waals surface area contributed by atoms with E-state index in [0.717, 1.165) is 49.9 Å². The summed E-state index contributed by atoms with van der Waals surface area (Å²) in [5, 5.41) is 8.59. The molecule has 0 saturated carbocycles. The number of anilines is 2. The van der Waals surface area contributed by atoms with E-state index in [4.69, 9.17) is 10.5 Å². The Hall–Kier alpha value is -3.47. The maximum atomic E-state index is 14.3. The van der Waals surface area contributed by atoms with E-state index in [0.29, 0.717) is 43.4 Å². The van der Waals surface area contributed by atoms with Crippen molar-refractivity contribution < 1.29 is 17.9 Å². The lowest BCUT2D eigenvalue weighted by Crippen LogP contribution is -2.36. The topological polar surface area (TPSA) is 93.3 Å². The summed E-state index contributed by atoms with van der Waals surface area (Å²) in [6.45, 7) is 5.10. The molecular weight excluding hydrogens is 483 g/mol. The smallest absolute Gasteiger partial charge is 0.225 e. The average Bonchev–Trinajstić information content (AvgIpc) is 3.31. The minimum atomic E-state index is -1.22. The van der Waals surface area contributed by atoms with Crippen LogP contribution in [0.25, 0.3) is 0 Å². The average molecular weight is 514 g/mol. The molecule has 2 atom stereocenters. The van der Waals surface area contributed by atoms with E-state index in [1.807, 2.05) is 17.0 Å². The van der Waals surface area contributed by atoms with Crippen LogP contribution in [0.4, 0.5) is 24.9 Å². The number of hydrogen-bond donors (Lipinski definition) is 1. The first-order valence-electron chi connectivity index (χ1n) is 12.6. The second-order valence-electron chi connectivity index (χ2n) is 9.66. The predicted octanol–water partition coefficient (Wildman–Crippen LogP) is 3.47. The molecule has 11 heteroatoms. The highest BCUT2D eigenvalue weighted by atomic mass is 19.2. The molecule has 196 valence electrons. The van der Waals surface area contributed by atoms with Crippen LogP contribution in [0.15, 0.2) is 36.7 Å². The Bertz CT molecular complexity index is 1200. The van der Waals surface area contributed by atoms with Crippen molar-refractivity contribution in [2.75, 3.05) is 42.6 Å². The SMILES string of the molecule is CCc1ccc(N2CCC(COc3cnc(N4CC(N)C(c5cc(F)c(F)cc5F)C4)nc3)CC2)nn1. The Morgan fingerprint density at radius 1 is 0.946 bits per heavy atom. The number of piperidine rings is 1. The van der Waals surface area contributed by atoms with Gasteiger partial charge in [0.1, 0.15) is 5.82 Å². The van der Waals surface area contributed by atoms with Crippen LogP contribution < -0.4 is 20.3 Å². The Balaban J connectivity index is 1.12. The lowest BCUT2D eigenvalue weighted by Gasteiger charge is -2.32. The molecule has 37 heavy (non-hydrogen) atoms. The predicted molar refractivity (Wildman–Crippen MR) is 133 cm³/mol. The third-order valence-electron chi connectivity index (χ3n) is 7.19. The van der Waals surface area contributed by atoms with Crippen LogP contribution in [0.3, 0.4) is 0 Å². The molecule has 2 saturated heterocycles. The number of benzene rings is 1. The van der Waals surface area contributed by atoms with Gasteiger partial charge in [0.15, 0.2) is 23.2 Å². The molecule has 2 fully saturated rings.